The summed E-state index contributed by atoms with van der Waals surface area (Å²) < 4.78 is 10.8. The average molecular weight is 424 g/mol. The number of ether oxygens (including phenoxy) is 2. The van der Waals surface area contributed by atoms with Crippen molar-refractivity contribution in [2.45, 2.75) is 26.9 Å². The topological polar surface area (TPSA) is 91.8 Å². The molecule has 0 aliphatic carbocycles. The van der Waals surface area contributed by atoms with Crippen molar-refractivity contribution < 1.29 is 9.47 Å². The second-order valence-electron chi connectivity index (χ2n) is 7.25. The fourth-order valence-electron chi connectivity index (χ4n) is 3.52. The van der Waals surface area contributed by atoms with Crippen LogP contribution >= 0.6 is 0 Å². The Morgan fingerprint density at radius 1 is 1.23 bits per heavy atom. The van der Waals surface area contributed by atoms with E-state index in [9.17, 15) is 4.79 Å². The Morgan fingerprint density at radius 3 is 2.68 bits per heavy atom. The van der Waals surface area contributed by atoms with E-state index in [1.54, 1.807) is 27.3 Å². The number of benzene rings is 2. The summed E-state index contributed by atoms with van der Waals surface area (Å²) in [5, 5.41) is 3.85. The van der Waals surface area contributed by atoms with E-state index in [4.69, 9.17) is 9.47 Å². The molecule has 2 aromatic carbocycles. The molecule has 0 unspecified atom stereocenters. The van der Waals surface area contributed by atoms with E-state index < -0.39 is 0 Å². The minimum atomic E-state index is -0.196. The molecule has 0 atom stereocenters. The van der Waals surface area contributed by atoms with Crippen molar-refractivity contribution in [2.75, 3.05) is 33.2 Å². The summed E-state index contributed by atoms with van der Waals surface area (Å²) >= 11 is 0. The molecular formula is C23H29N5O3. The number of anilines is 1. The molecule has 8 nitrogen and oxygen atoms in total. The number of aryl methyl sites for hydroxylation is 1. The number of methoxy groups -OCH3 is 2. The fraction of sp³-hybridized carbons (Fsp3) is 0.348. The van der Waals surface area contributed by atoms with Gasteiger partial charge in [-0.25, -0.2) is 4.98 Å². The molecule has 2 N–H and O–H groups in total. The van der Waals surface area contributed by atoms with Crippen LogP contribution < -0.4 is 25.2 Å². The molecule has 0 saturated carbocycles. The van der Waals surface area contributed by atoms with E-state index >= 15 is 0 Å². The van der Waals surface area contributed by atoms with Crippen LogP contribution in [0.5, 0.6) is 11.5 Å². The van der Waals surface area contributed by atoms with E-state index in [0.717, 1.165) is 17.1 Å². The SMILES string of the molecule is CN=C(C)N(C)c1cccc(CNCc2nc3cc(OC)c(OC)c(C)c3c(=O)[nH]2)c1. The summed E-state index contributed by atoms with van der Waals surface area (Å²) in [5.41, 5.74) is 3.28. The predicted octanol–water partition coefficient (Wildman–Crippen LogP) is 3.02. The van der Waals surface area contributed by atoms with Crippen LogP contribution in [-0.4, -0.2) is 44.1 Å². The molecule has 1 aromatic heterocycles. The highest BCUT2D eigenvalue weighted by Gasteiger charge is 2.16. The molecule has 0 aliphatic rings. The van der Waals surface area contributed by atoms with Crippen molar-refractivity contribution in [1.82, 2.24) is 15.3 Å². The summed E-state index contributed by atoms with van der Waals surface area (Å²) in [6.45, 7) is 4.86. The molecule has 0 fully saturated rings. The lowest BCUT2D eigenvalue weighted by atomic mass is 10.1. The normalized spacial score (nSPS) is 11.6. The number of amidine groups is 1. The number of aromatic nitrogens is 2. The van der Waals surface area contributed by atoms with Crippen LogP contribution in [0.25, 0.3) is 10.9 Å². The molecule has 3 rings (SSSR count). The number of hydrogen-bond donors (Lipinski definition) is 2. The summed E-state index contributed by atoms with van der Waals surface area (Å²) in [6, 6.07) is 9.96. The zero-order valence-electron chi connectivity index (χ0n) is 18.9. The molecule has 0 bridgehead atoms. The third-order valence-electron chi connectivity index (χ3n) is 5.36. The van der Waals surface area contributed by atoms with Crippen molar-refractivity contribution in [1.29, 1.82) is 0 Å². The van der Waals surface area contributed by atoms with Gasteiger partial charge in [-0.1, -0.05) is 12.1 Å². The Kier molecular flexibility index (Phi) is 6.91. The zero-order valence-corrected chi connectivity index (χ0v) is 18.9. The Balaban J connectivity index is 1.79. The van der Waals surface area contributed by atoms with Gasteiger partial charge < -0.3 is 24.7 Å². The predicted molar refractivity (Wildman–Crippen MR) is 125 cm³/mol. The van der Waals surface area contributed by atoms with Crippen molar-refractivity contribution in [3.63, 3.8) is 0 Å². The van der Waals surface area contributed by atoms with E-state index in [1.807, 2.05) is 37.9 Å². The first kappa shape index (κ1) is 22.3. The second-order valence-corrected chi connectivity index (χ2v) is 7.25. The van der Waals surface area contributed by atoms with Crippen LogP contribution in [0.2, 0.25) is 0 Å². The number of nitrogens with one attached hydrogen (secondary N) is 2. The molecule has 8 heteroatoms. The standard InChI is InChI=1S/C23H29N5O3/c1-14-21-18(11-19(30-5)22(14)31-6)26-20(27-23(21)29)13-25-12-16-8-7-9-17(10-16)28(4)15(2)24-3/h7-11,25H,12-13H2,1-6H3,(H,26,27,29). The maximum Gasteiger partial charge on any atom is 0.259 e. The quantitative estimate of drug-likeness (QED) is 0.448. The number of H-pyrrole nitrogens is 1. The largest absolute Gasteiger partial charge is 0.493 e. The Hall–Kier alpha value is -3.39. The summed E-state index contributed by atoms with van der Waals surface area (Å²) in [7, 11) is 6.89. The van der Waals surface area contributed by atoms with Crippen molar-refractivity contribution in [3.8, 4) is 11.5 Å². The number of hydrogen-bond acceptors (Lipinski definition) is 6. The fourth-order valence-corrected chi connectivity index (χ4v) is 3.52. The molecule has 0 radical (unpaired) electrons. The van der Waals surface area contributed by atoms with Gasteiger partial charge in [0, 0.05) is 38.0 Å². The van der Waals surface area contributed by atoms with Crippen LogP contribution in [0, 0.1) is 6.92 Å². The molecule has 3 aromatic rings. The molecule has 164 valence electrons. The van der Waals surface area contributed by atoms with Gasteiger partial charge in [0.05, 0.1) is 37.5 Å². The van der Waals surface area contributed by atoms with Crippen molar-refractivity contribution in [3.05, 3.63) is 57.6 Å². The summed E-state index contributed by atoms with van der Waals surface area (Å²) in [6.07, 6.45) is 0. The molecule has 0 saturated heterocycles. The third kappa shape index (κ3) is 4.69. The smallest absolute Gasteiger partial charge is 0.259 e. The Labute approximate surface area is 181 Å². The van der Waals surface area contributed by atoms with E-state index in [-0.39, 0.29) is 5.56 Å². The Morgan fingerprint density at radius 2 is 2.00 bits per heavy atom. The highest BCUT2D eigenvalue weighted by molar-refractivity contribution is 5.95. The van der Waals surface area contributed by atoms with Gasteiger partial charge in [-0.05, 0) is 31.5 Å². The van der Waals surface area contributed by atoms with Crippen LogP contribution in [0.4, 0.5) is 5.69 Å². The number of aromatic amines is 1. The highest BCUT2D eigenvalue weighted by atomic mass is 16.5. The highest BCUT2D eigenvalue weighted by Crippen LogP contribution is 2.34. The summed E-state index contributed by atoms with van der Waals surface area (Å²) in [4.78, 5) is 26.4. The van der Waals surface area contributed by atoms with E-state index in [2.05, 4.69) is 32.4 Å². The number of aliphatic imine (C=N–C) groups is 1. The lowest BCUT2D eigenvalue weighted by Gasteiger charge is -2.19. The maximum absolute atomic E-state index is 12.7. The van der Waals surface area contributed by atoms with Crippen LogP contribution in [-0.2, 0) is 13.1 Å². The van der Waals surface area contributed by atoms with Crippen LogP contribution in [0.15, 0.2) is 40.1 Å². The monoisotopic (exact) mass is 423 g/mol. The molecule has 0 aliphatic heterocycles. The molecule has 31 heavy (non-hydrogen) atoms. The van der Waals surface area contributed by atoms with Gasteiger partial charge in [-0.3, -0.25) is 9.79 Å². The molecule has 0 spiro atoms. The van der Waals surface area contributed by atoms with Gasteiger partial charge >= 0.3 is 0 Å². The van der Waals surface area contributed by atoms with Gasteiger partial charge in [0.25, 0.3) is 5.56 Å². The first-order chi connectivity index (χ1) is 14.9. The zero-order chi connectivity index (χ0) is 22.5. The van der Waals surface area contributed by atoms with Gasteiger partial charge in [0.15, 0.2) is 11.5 Å². The maximum atomic E-state index is 12.7. The Bertz CT molecular complexity index is 1170. The van der Waals surface area contributed by atoms with Gasteiger partial charge in [-0.2, -0.15) is 0 Å². The van der Waals surface area contributed by atoms with Crippen LogP contribution in [0.1, 0.15) is 23.9 Å². The van der Waals surface area contributed by atoms with E-state index in [0.29, 0.717) is 46.9 Å². The van der Waals surface area contributed by atoms with Gasteiger partial charge in [-0.15, -0.1) is 0 Å². The molecular weight excluding hydrogens is 394 g/mol. The van der Waals surface area contributed by atoms with Crippen LogP contribution in [0.3, 0.4) is 0 Å². The first-order valence-electron chi connectivity index (χ1n) is 10.0. The number of fused-ring (bicyclic) bond motifs is 1. The minimum absolute atomic E-state index is 0.196. The lowest BCUT2D eigenvalue weighted by Crippen LogP contribution is -2.23. The van der Waals surface area contributed by atoms with Gasteiger partial charge in [0.2, 0.25) is 0 Å². The number of nitrogens with zero attached hydrogens (tertiary/aromatic N) is 3. The first-order valence-corrected chi connectivity index (χ1v) is 10.0. The minimum Gasteiger partial charge on any atom is -0.493 e. The molecule has 1 heterocycles. The summed E-state index contributed by atoms with van der Waals surface area (Å²) in [5.74, 6) is 2.59. The number of rotatable bonds is 7. The third-order valence-corrected chi connectivity index (χ3v) is 5.36. The van der Waals surface area contributed by atoms with Crippen molar-refractivity contribution in [2.24, 2.45) is 4.99 Å². The van der Waals surface area contributed by atoms with E-state index in [1.165, 1.54) is 0 Å². The lowest BCUT2D eigenvalue weighted by molar-refractivity contribution is 0.354. The van der Waals surface area contributed by atoms with Gasteiger partial charge in [0.1, 0.15) is 5.82 Å². The average Bonchev–Trinajstić information content (AvgIpc) is 2.77. The molecule has 0 amide bonds. The second kappa shape index (κ2) is 9.61. The van der Waals surface area contributed by atoms with Crippen molar-refractivity contribution >= 4 is 22.4 Å².